The molecule has 1 aromatic carbocycles. The van der Waals surface area contributed by atoms with Crippen molar-refractivity contribution in [1.82, 2.24) is 9.62 Å². The van der Waals surface area contributed by atoms with Crippen LogP contribution in [-0.4, -0.2) is 45.0 Å². The quantitative estimate of drug-likeness (QED) is 0.702. The molecule has 0 atom stereocenters. The molecule has 1 aliphatic rings. The Morgan fingerprint density at radius 1 is 1.15 bits per heavy atom. The molecule has 0 aromatic heterocycles. The third-order valence-electron chi connectivity index (χ3n) is 4.76. The van der Waals surface area contributed by atoms with E-state index in [4.69, 9.17) is 4.74 Å². The minimum absolute atomic E-state index is 0.0113. The maximum Gasteiger partial charge on any atom is 0.240 e. The number of sulfonamides is 1. The lowest BCUT2D eigenvalue weighted by Gasteiger charge is -2.30. The molecule has 0 radical (unpaired) electrons. The van der Waals surface area contributed by atoms with Gasteiger partial charge in [0.15, 0.2) is 0 Å². The van der Waals surface area contributed by atoms with Crippen LogP contribution in [0.5, 0.6) is 5.75 Å². The van der Waals surface area contributed by atoms with Gasteiger partial charge in [-0.25, -0.2) is 13.1 Å². The van der Waals surface area contributed by atoms with E-state index in [-0.39, 0.29) is 23.4 Å². The maximum atomic E-state index is 12.4. The minimum atomic E-state index is -3.59. The molecule has 0 aliphatic heterocycles. The van der Waals surface area contributed by atoms with Gasteiger partial charge in [0.05, 0.1) is 11.5 Å². The van der Waals surface area contributed by atoms with E-state index in [2.05, 4.69) is 4.72 Å². The van der Waals surface area contributed by atoms with Crippen LogP contribution < -0.4 is 9.46 Å². The van der Waals surface area contributed by atoms with Crippen LogP contribution in [0.1, 0.15) is 52.4 Å². The molecule has 2 rings (SSSR count). The predicted molar refractivity (Wildman–Crippen MR) is 102 cm³/mol. The highest BCUT2D eigenvalue weighted by Crippen LogP contribution is 2.22. The van der Waals surface area contributed by atoms with E-state index in [0.717, 1.165) is 25.7 Å². The van der Waals surface area contributed by atoms with Crippen LogP contribution in [0.4, 0.5) is 0 Å². The predicted octanol–water partition coefficient (Wildman–Crippen LogP) is 2.93. The van der Waals surface area contributed by atoms with Crippen LogP contribution in [0, 0.1) is 0 Å². The third-order valence-corrected chi connectivity index (χ3v) is 6.24. The molecule has 0 bridgehead atoms. The zero-order valence-electron chi connectivity index (χ0n) is 15.7. The molecule has 26 heavy (non-hydrogen) atoms. The molecule has 1 saturated carbocycles. The topological polar surface area (TPSA) is 75.7 Å². The van der Waals surface area contributed by atoms with E-state index in [9.17, 15) is 13.2 Å². The Morgan fingerprint density at radius 3 is 2.31 bits per heavy atom. The molecule has 0 unspecified atom stereocenters. The van der Waals surface area contributed by atoms with Crippen LogP contribution in [-0.2, 0) is 14.8 Å². The second-order valence-electron chi connectivity index (χ2n) is 6.66. The number of rotatable bonds is 8. The zero-order chi connectivity index (χ0) is 19.0. The molecule has 146 valence electrons. The molecule has 0 saturated heterocycles. The lowest BCUT2D eigenvalue weighted by Crippen LogP contribution is -2.43. The van der Waals surface area contributed by atoms with Gasteiger partial charge in [0.2, 0.25) is 15.9 Å². The monoisotopic (exact) mass is 382 g/mol. The van der Waals surface area contributed by atoms with E-state index < -0.39 is 10.0 Å². The SMILES string of the molecule is CCOc1ccc(S(=O)(=O)NCCN(C(C)=O)C2CCCCCC2)cc1. The lowest BCUT2D eigenvalue weighted by atomic mass is 10.1. The highest BCUT2D eigenvalue weighted by atomic mass is 32.2. The number of amides is 1. The largest absolute Gasteiger partial charge is 0.494 e. The standard InChI is InChI=1S/C19H30N2O4S/c1-3-25-18-10-12-19(13-11-18)26(23,24)20-14-15-21(16(2)22)17-8-6-4-5-7-9-17/h10-13,17,20H,3-9,14-15H2,1-2H3. The Morgan fingerprint density at radius 2 is 1.77 bits per heavy atom. The lowest BCUT2D eigenvalue weighted by molar-refractivity contribution is -0.131. The molecule has 1 N–H and O–H groups in total. The summed E-state index contributed by atoms with van der Waals surface area (Å²) in [6, 6.07) is 6.57. The Kier molecular flexibility index (Phi) is 7.90. The van der Waals surface area contributed by atoms with Crippen LogP contribution in [0.15, 0.2) is 29.2 Å². The average Bonchev–Trinajstić information content (AvgIpc) is 2.88. The smallest absolute Gasteiger partial charge is 0.240 e. The van der Waals surface area contributed by atoms with E-state index in [1.54, 1.807) is 19.1 Å². The fraction of sp³-hybridized carbons (Fsp3) is 0.632. The molecular formula is C19H30N2O4S. The fourth-order valence-electron chi connectivity index (χ4n) is 3.43. The highest BCUT2D eigenvalue weighted by molar-refractivity contribution is 7.89. The summed E-state index contributed by atoms with van der Waals surface area (Å²) in [5.41, 5.74) is 0. The van der Waals surface area contributed by atoms with Gasteiger partial charge < -0.3 is 9.64 Å². The normalized spacial score (nSPS) is 16.1. The van der Waals surface area contributed by atoms with Crippen molar-refractivity contribution in [3.63, 3.8) is 0 Å². The Balaban J connectivity index is 1.93. The Bertz CT molecular complexity index is 665. The first-order chi connectivity index (χ1) is 12.4. The number of carbonyl (C=O) groups is 1. The number of hydrogen-bond acceptors (Lipinski definition) is 4. The van der Waals surface area contributed by atoms with E-state index >= 15 is 0 Å². The van der Waals surface area contributed by atoms with Crippen molar-refractivity contribution in [2.75, 3.05) is 19.7 Å². The van der Waals surface area contributed by atoms with Crippen molar-refractivity contribution in [2.45, 2.75) is 63.3 Å². The van der Waals surface area contributed by atoms with Gasteiger partial charge in [0.1, 0.15) is 5.75 Å². The van der Waals surface area contributed by atoms with Gasteiger partial charge in [-0.05, 0) is 44.0 Å². The molecule has 1 aliphatic carbocycles. The number of carbonyl (C=O) groups excluding carboxylic acids is 1. The van der Waals surface area contributed by atoms with Crippen molar-refractivity contribution in [1.29, 1.82) is 0 Å². The van der Waals surface area contributed by atoms with Crippen LogP contribution in [0.25, 0.3) is 0 Å². The Labute approximate surface area is 157 Å². The van der Waals surface area contributed by atoms with Crippen LogP contribution >= 0.6 is 0 Å². The minimum Gasteiger partial charge on any atom is -0.494 e. The molecule has 6 nitrogen and oxygen atoms in total. The molecule has 1 aromatic rings. The van der Waals surface area contributed by atoms with Crippen molar-refractivity contribution in [3.8, 4) is 5.75 Å². The molecule has 7 heteroatoms. The number of hydrogen-bond donors (Lipinski definition) is 1. The zero-order valence-corrected chi connectivity index (χ0v) is 16.6. The van der Waals surface area contributed by atoms with Gasteiger partial charge in [0.25, 0.3) is 0 Å². The first-order valence-corrected chi connectivity index (χ1v) is 10.9. The molecule has 0 heterocycles. The van der Waals surface area contributed by atoms with E-state index in [0.29, 0.717) is 18.9 Å². The van der Waals surface area contributed by atoms with E-state index in [1.165, 1.54) is 25.0 Å². The van der Waals surface area contributed by atoms with Gasteiger partial charge >= 0.3 is 0 Å². The summed E-state index contributed by atoms with van der Waals surface area (Å²) < 4.78 is 32.8. The summed E-state index contributed by atoms with van der Waals surface area (Å²) in [4.78, 5) is 14.0. The van der Waals surface area contributed by atoms with E-state index in [1.807, 2.05) is 11.8 Å². The number of nitrogens with one attached hydrogen (secondary N) is 1. The van der Waals surface area contributed by atoms with Crippen molar-refractivity contribution in [2.24, 2.45) is 0 Å². The first kappa shape index (κ1) is 20.7. The van der Waals surface area contributed by atoms with Gasteiger partial charge in [-0.15, -0.1) is 0 Å². The Hall–Kier alpha value is -1.60. The molecule has 1 fully saturated rings. The second kappa shape index (κ2) is 9.92. The highest BCUT2D eigenvalue weighted by Gasteiger charge is 2.23. The van der Waals surface area contributed by atoms with Crippen molar-refractivity contribution >= 4 is 15.9 Å². The first-order valence-electron chi connectivity index (χ1n) is 9.44. The summed E-state index contributed by atoms with van der Waals surface area (Å²) in [6.07, 6.45) is 6.70. The summed E-state index contributed by atoms with van der Waals surface area (Å²) in [5.74, 6) is 0.653. The molecular weight excluding hydrogens is 352 g/mol. The van der Waals surface area contributed by atoms with Crippen LogP contribution in [0.2, 0.25) is 0 Å². The number of ether oxygens (including phenoxy) is 1. The van der Waals surface area contributed by atoms with Crippen molar-refractivity contribution in [3.05, 3.63) is 24.3 Å². The van der Waals surface area contributed by atoms with Crippen LogP contribution in [0.3, 0.4) is 0 Å². The summed E-state index contributed by atoms with van der Waals surface area (Å²) >= 11 is 0. The fourth-order valence-corrected chi connectivity index (χ4v) is 4.45. The summed E-state index contributed by atoms with van der Waals surface area (Å²) in [7, 11) is -3.59. The van der Waals surface area contributed by atoms with Crippen molar-refractivity contribution < 1.29 is 17.9 Å². The second-order valence-corrected chi connectivity index (χ2v) is 8.43. The van der Waals surface area contributed by atoms with Gasteiger partial charge in [-0.2, -0.15) is 0 Å². The molecule has 0 spiro atoms. The van der Waals surface area contributed by atoms with Gasteiger partial charge in [-0.3, -0.25) is 4.79 Å². The average molecular weight is 383 g/mol. The maximum absolute atomic E-state index is 12.4. The molecule has 1 amide bonds. The number of benzene rings is 1. The summed E-state index contributed by atoms with van der Waals surface area (Å²) in [6.45, 7) is 4.58. The number of nitrogens with zero attached hydrogens (tertiary/aromatic N) is 1. The van der Waals surface area contributed by atoms with Gasteiger partial charge in [0, 0.05) is 26.1 Å². The van der Waals surface area contributed by atoms with Gasteiger partial charge in [-0.1, -0.05) is 25.7 Å². The summed E-state index contributed by atoms with van der Waals surface area (Å²) in [5, 5.41) is 0. The third kappa shape index (κ3) is 5.99.